The Kier molecular flexibility index (Phi) is 5.35. The second kappa shape index (κ2) is 7.98. The minimum Gasteiger partial charge on any atom is -0.377 e. The molecule has 0 atom stereocenters. The van der Waals surface area contributed by atoms with Crippen molar-refractivity contribution in [1.29, 1.82) is 0 Å². The molecule has 0 spiro atoms. The van der Waals surface area contributed by atoms with Crippen LogP contribution in [0.2, 0.25) is 0 Å². The van der Waals surface area contributed by atoms with E-state index in [9.17, 15) is 13.2 Å². The van der Waals surface area contributed by atoms with Crippen LogP contribution in [-0.4, -0.2) is 28.6 Å². The summed E-state index contributed by atoms with van der Waals surface area (Å²) in [7, 11) is 5.61. The van der Waals surface area contributed by atoms with Gasteiger partial charge in [-0.05, 0) is 17.7 Å². The molecule has 4 nitrogen and oxygen atoms in total. The van der Waals surface area contributed by atoms with Gasteiger partial charge < -0.3 is 14.5 Å². The first-order valence-corrected chi connectivity index (χ1v) is 9.86. The lowest BCUT2D eigenvalue weighted by molar-refractivity contribution is -0.140. The van der Waals surface area contributed by atoms with Crippen molar-refractivity contribution in [3.05, 3.63) is 83.9 Å². The molecule has 0 aliphatic carbocycles. The smallest absolute Gasteiger partial charge is 0.377 e. The fourth-order valence-corrected chi connectivity index (χ4v) is 3.67. The molecule has 2 heterocycles. The Morgan fingerprint density at radius 2 is 1.71 bits per heavy atom. The molecule has 7 heteroatoms. The third-order valence-electron chi connectivity index (χ3n) is 5.21. The van der Waals surface area contributed by atoms with Gasteiger partial charge in [0.2, 0.25) is 0 Å². The second-order valence-electron chi connectivity index (χ2n) is 7.76. The van der Waals surface area contributed by atoms with Crippen LogP contribution in [0.25, 0.3) is 22.5 Å². The third-order valence-corrected chi connectivity index (χ3v) is 5.21. The number of hydrogen-bond donors (Lipinski definition) is 1. The van der Waals surface area contributed by atoms with Gasteiger partial charge in [-0.3, -0.25) is 0 Å². The molecule has 0 aliphatic heterocycles. The van der Waals surface area contributed by atoms with Gasteiger partial charge in [-0.15, -0.1) is 0 Å². The first-order valence-electron chi connectivity index (χ1n) is 9.86. The van der Waals surface area contributed by atoms with Crippen LogP contribution in [0.4, 0.5) is 18.9 Å². The fraction of sp³-hybridized carbons (Fsp3) is 0.208. The number of benzene rings is 2. The molecule has 1 N–H and O–H groups in total. The number of alkyl halides is 3. The number of rotatable bonds is 5. The van der Waals surface area contributed by atoms with E-state index >= 15 is 0 Å². The summed E-state index contributed by atoms with van der Waals surface area (Å²) in [6.07, 6.45) is -0.751. The number of para-hydroxylation sites is 1. The van der Waals surface area contributed by atoms with Crippen LogP contribution in [0.15, 0.2) is 67.0 Å². The van der Waals surface area contributed by atoms with Gasteiger partial charge in [0.05, 0.1) is 0 Å². The molecule has 0 saturated carbocycles. The van der Waals surface area contributed by atoms with Crippen LogP contribution in [0.3, 0.4) is 0 Å². The van der Waals surface area contributed by atoms with Crippen molar-refractivity contribution in [2.75, 3.05) is 19.0 Å². The van der Waals surface area contributed by atoms with Crippen molar-refractivity contribution in [2.45, 2.75) is 12.6 Å². The maximum atomic E-state index is 12.9. The van der Waals surface area contributed by atoms with Crippen LogP contribution in [-0.2, 0) is 19.6 Å². The van der Waals surface area contributed by atoms with E-state index in [1.165, 1.54) is 4.57 Å². The number of halogens is 3. The standard InChI is InChI=1S/C24H23F3N4/c1-30(2)21-7-5-4-6-20(21)18-13-19(28-14-18)12-16-8-10-17(11-9-16)23-29-22(15-31(23)3)24(25,26)27/h4-11,13-15,28H,12H2,1-3H3. The number of aromatic amines is 1. The van der Waals surface area contributed by atoms with Crippen molar-refractivity contribution in [2.24, 2.45) is 7.05 Å². The van der Waals surface area contributed by atoms with Crippen molar-refractivity contribution >= 4 is 5.69 Å². The van der Waals surface area contributed by atoms with Gasteiger partial charge >= 0.3 is 6.18 Å². The SMILES string of the molecule is CN(C)c1ccccc1-c1c[nH]c(Cc2ccc(-c3nc(C(F)(F)F)cn3C)cc2)c1. The molecule has 0 aliphatic rings. The Morgan fingerprint density at radius 1 is 1.00 bits per heavy atom. The van der Waals surface area contributed by atoms with E-state index in [2.05, 4.69) is 33.1 Å². The first kappa shape index (κ1) is 20.8. The molecule has 4 rings (SSSR count). The zero-order chi connectivity index (χ0) is 22.2. The van der Waals surface area contributed by atoms with E-state index in [0.29, 0.717) is 17.8 Å². The van der Waals surface area contributed by atoms with Crippen LogP contribution >= 0.6 is 0 Å². The van der Waals surface area contributed by atoms with E-state index in [1.807, 2.05) is 56.7 Å². The van der Waals surface area contributed by atoms with E-state index in [0.717, 1.165) is 34.3 Å². The second-order valence-corrected chi connectivity index (χ2v) is 7.76. The lowest BCUT2D eigenvalue weighted by Crippen LogP contribution is -2.09. The van der Waals surface area contributed by atoms with Crippen molar-refractivity contribution in [1.82, 2.24) is 14.5 Å². The third kappa shape index (κ3) is 4.35. The fourth-order valence-electron chi connectivity index (χ4n) is 3.67. The Morgan fingerprint density at radius 3 is 2.35 bits per heavy atom. The summed E-state index contributed by atoms with van der Waals surface area (Å²) in [5, 5.41) is 0. The Bertz CT molecular complexity index is 1180. The highest BCUT2D eigenvalue weighted by Crippen LogP contribution is 2.32. The molecular weight excluding hydrogens is 401 g/mol. The molecule has 2 aromatic carbocycles. The highest BCUT2D eigenvalue weighted by Gasteiger charge is 2.34. The average Bonchev–Trinajstić information content (AvgIpc) is 3.35. The number of aromatic nitrogens is 3. The number of anilines is 1. The number of nitrogens with zero attached hydrogens (tertiary/aromatic N) is 3. The maximum Gasteiger partial charge on any atom is 0.434 e. The van der Waals surface area contributed by atoms with Crippen LogP contribution in [0.1, 0.15) is 17.0 Å². The summed E-state index contributed by atoms with van der Waals surface area (Å²) in [6, 6.07) is 17.8. The van der Waals surface area contributed by atoms with Gasteiger partial charge in [0.25, 0.3) is 0 Å². The predicted octanol–water partition coefficient (Wildman–Crippen LogP) is 5.76. The van der Waals surface area contributed by atoms with E-state index in [-0.39, 0.29) is 0 Å². The number of aryl methyl sites for hydroxylation is 1. The summed E-state index contributed by atoms with van der Waals surface area (Å²) in [5.74, 6) is 0.293. The van der Waals surface area contributed by atoms with Crippen LogP contribution < -0.4 is 4.90 Å². The molecule has 0 amide bonds. The predicted molar refractivity (Wildman–Crippen MR) is 117 cm³/mol. The van der Waals surface area contributed by atoms with E-state index in [4.69, 9.17) is 0 Å². The number of nitrogens with one attached hydrogen (secondary N) is 1. The monoisotopic (exact) mass is 424 g/mol. The van der Waals surface area contributed by atoms with Gasteiger partial charge in [0.1, 0.15) is 5.82 Å². The van der Waals surface area contributed by atoms with Crippen molar-refractivity contribution < 1.29 is 13.2 Å². The van der Waals surface area contributed by atoms with Gasteiger partial charge in [0, 0.05) is 68.0 Å². The van der Waals surface area contributed by atoms with Gasteiger partial charge in [-0.25, -0.2) is 4.98 Å². The number of hydrogen-bond acceptors (Lipinski definition) is 2. The molecule has 2 aromatic heterocycles. The summed E-state index contributed by atoms with van der Waals surface area (Å²) in [6.45, 7) is 0. The lowest BCUT2D eigenvalue weighted by atomic mass is 10.0. The largest absolute Gasteiger partial charge is 0.434 e. The molecule has 160 valence electrons. The summed E-state index contributed by atoms with van der Waals surface area (Å²) in [4.78, 5) is 9.17. The Hall–Kier alpha value is -3.48. The van der Waals surface area contributed by atoms with E-state index in [1.54, 1.807) is 7.05 Å². The van der Waals surface area contributed by atoms with Crippen molar-refractivity contribution in [3.63, 3.8) is 0 Å². The highest BCUT2D eigenvalue weighted by atomic mass is 19.4. The number of H-pyrrole nitrogens is 1. The minimum absolute atomic E-state index is 0.293. The van der Waals surface area contributed by atoms with Gasteiger partial charge in [0.15, 0.2) is 5.69 Å². The molecule has 0 radical (unpaired) electrons. The molecule has 31 heavy (non-hydrogen) atoms. The topological polar surface area (TPSA) is 36.9 Å². The molecule has 0 unspecified atom stereocenters. The van der Waals surface area contributed by atoms with Crippen molar-refractivity contribution in [3.8, 4) is 22.5 Å². The highest BCUT2D eigenvalue weighted by molar-refractivity contribution is 5.78. The Balaban J connectivity index is 1.53. The zero-order valence-electron chi connectivity index (χ0n) is 17.5. The molecule has 0 bridgehead atoms. The van der Waals surface area contributed by atoms with Crippen LogP contribution in [0.5, 0.6) is 0 Å². The molecule has 4 aromatic rings. The first-order chi connectivity index (χ1) is 14.7. The minimum atomic E-state index is -4.45. The molecular formula is C24H23F3N4. The summed E-state index contributed by atoms with van der Waals surface area (Å²) < 4.78 is 40.1. The summed E-state index contributed by atoms with van der Waals surface area (Å²) in [5.41, 5.74) is 5.30. The zero-order valence-corrected chi connectivity index (χ0v) is 17.5. The Labute approximate surface area is 179 Å². The maximum absolute atomic E-state index is 12.9. The van der Waals surface area contributed by atoms with Gasteiger partial charge in [-0.1, -0.05) is 42.5 Å². The quantitative estimate of drug-likeness (QED) is 0.442. The average molecular weight is 424 g/mol. The van der Waals surface area contributed by atoms with E-state index < -0.39 is 11.9 Å². The normalized spacial score (nSPS) is 11.7. The lowest BCUT2D eigenvalue weighted by Gasteiger charge is -2.16. The summed E-state index contributed by atoms with van der Waals surface area (Å²) >= 11 is 0. The number of imidazole rings is 1. The van der Waals surface area contributed by atoms with Crippen LogP contribution in [0, 0.1) is 0 Å². The van der Waals surface area contributed by atoms with Gasteiger partial charge in [-0.2, -0.15) is 13.2 Å². The molecule has 0 saturated heterocycles. The molecule has 0 fully saturated rings.